The molecule has 5 nitrogen and oxygen atoms in total. The van der Waals surface area contributed by atoms with E-state index in [4.69, 9.17) is 0 Å². The van der Waals surface area contributed by atoms with Crippen LogP contribution in [-0.2, 0) is 10.0 Å². The van der Waals surface area contributed by atoms with Crippen LogP contribution in [0.5, 0.6) is 0 Å². The van der Waals surface area contributed by atoms with Gasteiger partial charge in [0.25, 0.3) is 0 Å². The number of aromatic nitrogens is 1. The molecule has 26 heavy (non-hydrogen) atoms. The maximum absolute atomic E-state index is 13.2. The molecule has 2 heterocycles. The topological polar surface area (TPSA) is 53.5 Å². The Hall–Kier alpha value is -2.44. The number of hydrogen-bond donors (Lipinski definition) is 0. The van der Waals surface area contributed by atoms with Gasteiger partial charge in [0.05, 0.1) is 4.90 Å². The summed E-state index contributed by atoms with van der Waals surface area (Å²) in [5, 5.41) is 1.57. The van der Waals surface area contributed by atoms with Crippen LogP contribution < -0.4 is 4.90 Å². The molecule has 0 radical (unpaired) electrons. The Kier molecular flexibility index (Phi) is 4.38. The van der Waals surface area contributed by atoms with Crippen LogP contribution in [-0.4, -0.2) is 43.9 Å². The first-order valence-electron chi connectivity index (χ1n) is 8.70. The summed E-state index contributed by atoms with van der Waals surface area (Å²) in [5.41, 5.74) is 2.36. The number of anilines is 1. The van der Waals surface area contributed by atoms with Gasteiger partial charge < -0.3 is 4.90 Å². The zero-order chi connectivity index (χ0) is 18.1. The number of aryl methyl sites for hydroxylation is 1. The van der Waals surface area contributed by atoms with Crippen LogP contribution in [0.3, 0.4) is 0 Å². The van der Waals surface area contributed by atoms with Crippen molar-refractivity contribution in [1.29, 1.82) is 0 Å². The van der Waals surface area contributed by atoms with Gasteiger partial charge in [0.15, 0.2) is 0 Å². The van der Waals surface area contributed by atoms with E-state index in [1.807, 2.05) is 12.1 Å². The molecule has 1 aromatic heterocycles. The molecule has 1 saturated heterocycles. The molecule has 0 aliphatic carbocycles. The summed E-state index contributed by atoms with van der Waals surface area (Å²) in [6.45, 7) is 4.42. The Labute approximate surface area is 153 Å². The lowest BCUT2D eigenvalue weighted by Gasteiger charge is -2.35. The van der Waals surface area contributed by atoms with Crippen LogP contribution in [0.1, 0.15) is 5.56 Å². The standard InChI is InChI=1S/C20H21N3O2S/c1-16-4-2-6-18(14-16)22-10-12-23(13-11-22)26(24,25)20-7-3-5-17-15-21-9-8-19(17)20/h2-9,14-15H,10-13H2,1H3. The highest BCUT2D eigenvalue weighted by atomic mass is 32.2. The zero-order valence-electron chi connectivity index (χ0n) is 14.7. The maximum atomic E-state index is 13.2. The van der Waals surface area contributed by atoms with Crippen LogP contribution in [0.4, 0.5) is 5.69 Å². The van der Waals surface area contributed by atoms with E-state index in [1.165, 1.54) is 5.56 Å². The molecule has 0 saturated carbocycles. The second-order valence-corrected chi connectivity index (χ2v) is 8.49. The van der Waals surface area contributed by atoms with Gasteiger partial charge in [0.1, 0.15) is 0 Å². The summed E-state index contributed by atoms with van der Waals surface area (Å²) >= 11 is 0. The summed E-state index contributed by atoms with van der Waals surface area (Å²) in [7, 11) is -3.52. The van der Waals surface area contributed by atoms with Crippen molar-refractivity contribution < 1.29 is 8.42 Å². The Morgan fingerprint density at radius 2 is 1.73 bits per heavy atom. The van der Waals surface area contributed by atoms with Crippen molar-refractivity contribution >= 4 is 26.5 Å². The highest BCUT2D eigenvalue weighted by Crippen LogP contribution is 2.27. The normalized spacial score (nSPS) is 16.1. The smallest absolute Gasteiger partial charge is 0.243 e. The number of benzene rings is 2. The molecule has 1 aliphatic rings. The van der Waals surface area contributed by atoms with Gasteiger partial charge in [-0.3, -0.25) is 4.98 Å². The van der Waals surface area contributed by atoms with Gasteiger partial charge in [-0.15, -0.1) is 0 Å². The third-order valence-corrected chi connectivity index (χ3v) is 6.82. The minimum Gasteiger partial charge on any atom is -0.369 e. The Balaban J connectivity index is 1.58. The summed E-state index contributed by atoms with van der Waals surface area (Å²) in [4.78, 5) is 6.69. The highest BCUT2D eigenvalue weighted by Gasteiger charge is 2.29. The first-order valence-corrected chi connectivity index (χ1v) is 10.1. The fourth-order valence-electron chi connectivity index (χ4n) is 3.47. The van der Waals surface area contributed by atoms with Crippen LogP contribution in [0.15, 0.2) is 65.8 Å². The number of pyridine rings is 1. The quantitative estimate of drug-likeness (QED) is 0.714. The van der Waals surface area contributed by atoms with Gasteiger partial charge in [0.2, 0.25) is 10.0 Å². The van der Waals surface area contributed by atoms with Crippen molar-refractivity contribution in [3.63, 3.8) is 0 Å². The van der Waals surface area contributed by atoms with Crippen molar-refractivity contribution in [2.45, 2.75) is 11.8 Å². The predicted molar refractivity (Wildman–Crippen MR) is 104 cm³/mol. The molecule has 4 rings (SSSR count). The molecule has 0 unspecified atom stereocenters. The van der Waals surface area contributed by atoms with Crippen molar-refractivity contribution in [2.24, 2.45) is 0 Å². The fraction of sp³-hybridized carbons (Fsp3) is 0.250. The van der Waals surface area contributed by atoms with Crippen LogP contribution in [0.25, 0.3) is 10.8 Å². The molecule has 6 heteroatoms. The van der Waals surface area contributed by atoms with Crippen molar-refractivity contribution in [1.82, 2.24) is 9.29 Å². The molecule has 3 aromatic rings. The van der Waals surface area contributed by atoms with E-state index >= 15 is 0 Å². The first kappa shape index (κ1) is 17.0. The third-order valence-electron chi connectivity index (χ3n) is 4.86. The molecule has 134 valence electrons. The minimum absolute atomic E-state index is 0.362. The average Bonchev–Trinajstić information content (AvgIpc) is 2.67. The number of fused-ring (bicyclic) bond motifs is 1. The molecule has 1 fully saturated rings. The van der Waals surface area contributed by atoms with Gasteiger partial charge in [-0.05, 0) is 36.8 Å². The number of sulfonamides is 1. The van der Waals surface area contributed by atoms with Crippen LogP contribution >= 0.6 is 0 Å². The Morgan fingerprint density at radius 3 is 2.50 bits per heavy atom. The van der Waals surface area contributed by atoms with Gasteiger partial charge in [-0.2, -0.15) is 4.31 Å². The largest absolute Gasteiger partial charge is 0.369 e. The molecule has 1 aliphatic heterocycles. The van der Waals surface area contributed by atoms with E-state index in [9.17, 15) is 8.42 Å². The van der Waals surface area contributed by atoms with E-state index in [-0.39, 0.29) is 0 Å². The average molecular weight is 367 g/mol. The number of rotatable bonds is 3. The molecule has 0 atom stereocenters. The zero-order valence-corrected chi connectivity index (χ0v) is 15.5. The van der Waals surface area contributed by atoms with E-state index < -0.39 is 10.0 Å². The lowest BCUT2D eigenvalue weighted by Crippen LogP contribution is -2.48. The highest BCUT2D eigenvalue weighted by molar-refractivity contribution is 7.89. The molecular weight excluding hydrogens is 346 g/mol. The van der Waals surface area contributed by atoms with E-state index in [0.717, 1.165) is 16.5 Å². The lowest BCUT2D eigenvalue weighted by atomic mass is 10.2. The lowest BCUT2D eigenvalue weighted by molar-refractivity contribution is 0.385. The van der Waals surface area contributed by atoms with Crippen molar-refractivity contribution in [2.75, 3.05) is 31.1 Å². The molecular formula is C20H21N3O2S. The summed E-state index contributed by atoms with van der Waals surface area (Å²) in [6, 6.07) is 15.4. The second kappa shape index (κ2) is 6.70. The number of nitrogens with zero attached hydrogens (tertiary/aromatic N) is 3. The fourth-order valence-corrected chi connectivity index (χ4v) is 5.10. The monoisotopic (exact) mass is 367 g/mol. The Morgan fingerprint density at radius 1 is 0.962 bits per heavy atom. The maximum Gasteiger partial charge on any atom is 0.243 e. The summed E-state index contributed by atoms with van der Waals surface area (Å²) in [6.07, 6.45) is 3.33. The van der Waals surface area contributed by atoms with Crippen LogP contribution in [0, 0.1) is 6.92 Å². The van der Waals surface area contributed by atoms with Gasteiger partial charge in [-0.1, -0.05) is 24.3 Å². The third kappa shape index (κ3) is 3.06. The summed E-state index contributed by atoms with van der Waals surface area (Å²) in [5.74, 6) is 0. The van der Waals surface area contributed by atoms with Crippen LogP contribution in [0.2, 0.25) is 0 Å². The molecule has 0 N–H and O–H groups in total. The van der Waals surface area contributed by atoms with E-state index in [2.05, 4.69) is 35.0 Å². The second-order valence-electron chi connectivity index (χ2n) is 6.58. The minimum atomic E-state index is -3.52. The van der Waals surface area contributed by atoms with E-state index in [0.29, 0.717) is 31.1 Å². The van der Waals surface area contributed by atoms with E-state index in [1.54, 1.807) is 34.9 Å². The van der Waals surface area contributed by atoms with Gasteiger partial charge >= 0.3 is 0 Å². The van der Waals surface area contributed by atoms with Crippen molar-refractivity contribution in [3.05, 3.63) is 66.5 Å². The SMILES string of the molecule is Cc1cccc(N2CCN(S(=O)(=O)c3cccc4cnccc34)CC2)c1. The molecule has 0 amide bonds. The number of hydrogen-bond acceptors (Lipinski definition) is 4. The van der Waals surface area contributed by atoms with Gasteiger partial charge in [0, 0.05) is 55.0 Å². The molecule has 0 spiro atoms. The number of piperazine rings is 1. The first-order chi connectivity index (χ1) is 12.6. The van der Waals surface area contributed by atoms with Crippen molar-refractivity contribution in [3.8, 4) is 0 Å². The Bertz CT molecular complexity index is 1040. The van der Waals surface area contributed by atoms with Gasteiger partial charge in [-0.25, -0.2) is 8.42 Å². The predicted octanol–water partition coefficient (Wildman–Crippen LogP) is 3.05. The molecule has 2 aromatic carbocycles. The summed E-state index contributed by atoms with van der Waals surface area (Å²) < 4.78 is 28.0. The molecule has 0 bridgehead atoms.